The van der Waals surface area contributed by atoms with Crippen molar-refractivity contribution < 1.29 is 47.7 Å². The summed E-state index contributed by atoms with van der Waals surface area (Å²) in [5.74, 6) is 0. The summed E-state index contributed by atoms with van der Waals surface area (Å²) in [7, 11) is -13.4. The normalized spacial score (nSPS) is 13.7. The van der Waals surface area contributed by atoms with E-state index in [9.17, 15) is 43.2 Å². The van der Waals surface area contributed by atoms with Crippen LogP contribution < -0.4 is 0 Å². The van der Waals surface area contributed by atoms with Gasteiger partial charge in [0.2, 0.25) is 0 Å². The first-order valence-corrected chi connectivity index (χ1v) is 12.5. The SMILES string of the molecule is CCCCCCCC[N+](CC)(CC)CC.O=S(=O)([N-]S(=O)(=O)C(F)(F)F)C(F)(F)F. The van der Waals surface area contributed by atoms with Crippen molar-refractivity contribution >= 4 is 20.0 Å². The van der Waals surface area contributed by atoms with E-state index in [0.29, 0.717) is 0 Å². The topological polar surface area (TPSA) is 82.4 Å². The van der Waals surface area contributed by atoms with Gasteiger partial charge in [0.25, 0.3) is 0 Å². The van der Waals surface area contributed by atoms with Gasteiger partial charge in [-0.3, -0.25) is 0 Å². The maximum atomic E-state index is 11.4. The zero-order valence-corrected chi connectivity index (χ0v) is 19.3. The van der Waals surface area contributed by atoms with Crippen LogP contribution in [0.15, 0.2) is 0 Å². The first-order chi connectivity index (χ1) is 13.4. The van der Waals surface area contributed by atoms with Crippen molar-refractivity contribution in [3.05, 3.63) is 4.13 Å². The van der Waals surface area contributed by atoms with E-state index in [-0.39, 0.29) is 0 Å². The average Bonchev–Trinajstić information content (AvgIpc) is 2.60. The second-order valence-electron chi connectivity index (χ2n) is 6.70. The largest absolute Gasteiger partial charge is 0.480 e. The first-order valence-electron chi connectivity index (χ1n) is 9.67. The molecule has 0 aliphatic carbocycles. The average molecular weight is 495 g/mol. The van der Waals surface area contributed by atoms with E-state index in [1.54, 1.807) is 0 Å². The highest BCUT2D eigenvalue weighted by Crippen LogP contribution is 2.36. The summed E-state index contributed by atoms with van der Waals surface area (Å²) >= 11 is 0. The van der Waals surface area contributed by atoms with Gasteiger partial charge in [-0.05, 0) is 33.6 Å². The van der Waals surface area contributed by atoms with E-state index in [1.165, 1.54) is 69.2 Å². The van der Waals surface area contributed by atoms with Crippen LogP contribution in [-0.4, -0.2) is 58.5 Å². The van der Waals surface area contributed by atoms with E-state index in [2.05, 4.69) is 27.7 Å². The van der Waals surface area contributed by atoms with E-state index >= 15 is 0 Å². The second kappa shape index (κ2) is 13.1. The van der Waals surface area contributed by atoms with Crippen LogP contribution in [0, 0.1) is 0 Å². The standard InChI is InChI=1S/C14H32N.C2F6NO4S2/c1-5-9-10-11-12-13-14-15(6-2,7-3)8-4;3-1(4,5)14(10,11)9-15(12,13)2(6,7)8/h5-14H2,1-4H3;/q+1;-1. The van der Waals surface area contributed by atoms with E-state index in [4.69, 9.17) is 0 Å². The Morgan fingerprint density at radius 2 is 0.967 bits per heavy atom. The van der Waals surface area contributed by atoms with Gasteiger partial charge < -0.3 is 8.61 Å². The van der Waals surface area contributed by atoms with Crippen LogP contribution in [0.4, 0.5) is 26.3 Å². The summed E-state index contributed by atoms with van der Waals surface area (Å²) in [6.45, 7) is 14.6. The fraction of sp³-hybridized carbons (Fsp3) is 1.00. The number of rotatable bonds is 12. The van der Waals surface area contributed by atoms with Crippen molar-refractivity contribution in [2.45, 2.75) is 77.2 Å². The Bertz CT molecular complexity index is 623. The maximum Gasteiger partial charge on any atom is 0.480 e. The number of alkyl halides is 6. The molecule has 0 unspecified atom stereocenters. The predicted octanol–water partition coefficient (Wildman–Crippen LogP) is 5.28. The van der Waals surface area contributed by atoms with Gasteiger partial charge in [0.15, 0.2) is 20.0 Å². The molecule has 30 heavy (non-hydrogen) atoms. The highest BCUT2D eigenvalue weighted by molar-refractivity contribution is 8.13. The van der Waals surface area contributed by atoms with Crippen LogP contribution in [0.5, 0.6) is 0 Å². The quantitative estimate of drug-likeness (QED) is 0.210. The molecule has 0 fully saturated rings. The molecule has 0 spiro atoms. The third-order valence-electron chi connectivity index (χ3n) is 4.78. The molecule has 0 aromatic heterocycles. The van der Waals surface area contributed by atoms with Crippen molar-refractivity contribution in [3.63, 3.8) is 0 Å². The van der Waals surface area contributed by atoms with E-state index in [0.717, 1.165) is 4.13 Å². The molecule has 0 aromatic rings. The summed E-state index contributed by atoms with van der Waals surface area (Å²) in [6.07, 6.45) is 8.55. The van der Waals surface area contributed by atoms with Crippen LogP contribution in [-0.2, 0) is 20.0 Å². The molecule has 0 saturated carbocycles. The molecule has 6 nitrogen and oxygen atoms in total. The molecule has 0 atom stereocenters. The van der Waals surface area contributed by atoms with Gasteiger partial charge in [0, 0.05) is 0 Å². The number of quaternary nitrogens is 1. The van der Waals surface area contributed by atoms with Crippen molar-refractivity contribution in [1.29, 1.82) is 0 Å². The third-order valence-corrected chi connectivity index (χ3v) is 7.52. The van der Waals surface area contributed by atoms with Crippen LogP contribution in [0.2, 0.25) is 0 Å². The zero-order valence-electron chi connectivity index (χ0n) is 17.7. The molecule has 0 saturated heterocycles. The molecule has 0 bridgehead atoms. The summed E-state index contributed by atoms with van der Waals surface area (Å²) < 4.78 is 111. The zero-order chi connectivity index (χ0) is 24.3. The fourth-order valence-electron chi connectivity index (χ4n) is 2.59. The van der Waals surface area contributed by atoms with Gasteiger partial charge in [-0.15, -0.1) is 0 Å². The summed E-state index contributed by atoms with van der Waals surface area (Å²) in [4.78, 5) is 0. The number of halogens is 6. The molecule has 0 heterocycles. The van der Waals surface area contributed by atoms with Crippen LogP contribution in [0.25, 0.3) is 4.13 Å². The molecule has 0 amide bonds. The molecular weight excluding hydrogens is 462 g/mol. The number of unbranched alkanes of at least 4 members (excludes halogenated alkanes) is 5. The lowest BCUT2D eigenvalue weighted by molar-refractivity contribution is -0.923. The Hall–Kier alpha value is -0.600. The smallest absolute Gasteiger partial charge is 0.421 e. The third kappa shape index (κ3) is 11.1. The lowest BCUT2D eigenvalue weighted by Crippen LogP contribution is -2.48. The van der Waals surface area contributed by atoms with Crippen molar-refractivity contribution in [3.8, 4) is 0 Å². The maximum absolute atomic E-state index is 11.4. The summed E-state index contributed by atoms with van der Waals surface area (Å²) in [6, 6.07) is 0. The highest BCUT2D eigenvalue weighted by atomic mass is 32.3. The minimum absolute atomic E-state index is 0.778. The molecule has 0 N–H and O–H groups in total. The lowest BCUT2D eigenvalue weighted by Gasteiger charge is -2.35. The fourth-order valence-corrected chi connectivity index (χ4v) is 4.30. The molecule has 0 aliphatic rings. The molecular formula is C16H32F6N2O4S2. The number of nitrogens with zero attached hydrogens (tertiary/aromatic N) is 2. The Balaban J connectivity index is 0. The van der Waals surface area contributed by atoms with Gasteiger partial charge in [0.05, 0.1) is 26.2 Å². The van der Waals surface area contributed by atoms with Gasteiger partial charge in [-0.1, -0.05) is 32.6 Å². The van der Waals surface area contributed by atoms with Crippen molar-refractivity contribution in [2.24, 2.45) is 0 Å². The Kier molecular flexibility index (Phi) is 13.8. The van der Waals surface area contributed by atoms with E-state index in [1.807, 2.05) is 0 Å². The van der Waals surface area contributed by atoms with Crippen molar-refractivity contribution in [1.82, 2.24) is 0 Å². The Morgan fingerprint density at radius 1 is 0.633 bits per heavy atom. The van der Waals surface area contributed by atoms with E-state index < -0.39 is 31.1 Å². The predicted molar refractivity (Wildman–Crippen MR) is 103 cm³/mol. The number of hydrogen-bond acceptors (Lipinski definition) is 4. The summed E-state index contributed by atoms with van der Waals surface area (Å²) in [5, 5.41) is 0. The lowest BCUT2D eigenvalue weighted by atomic mass is 10.1. The van der Waals surface area contributed by atoms with Crippen LogP contribution in [0.3, 0.4) is 0 Å². The van der Waals surface area contributed by atoms with Gasteiger partial charge in [-0.2, -0.15) is 26.3 Å². The van der Waals surface area contributed by atoms with Gasteiger partial charge >= 0.3 is 11.0 Å². The summed E-state index contributed by atoms with van der Waals surface area (Å²) in [5.41, 5.74) is -12.4. The Morgan fingerprint density at radius 3 is 1.27 bits per heavy atom. The van der Waals surface area contributed by atoms with Crippen LogP contribution >= 0.6 is 0 Å². The van der Waals surface area contributed by atoms with Gasteiger partial charge in [-0.25, -0.2) is 16.8 Å². The van der Waals surface area contributed by atoms with Crippen molar-refractivity contribution in [2.75, 3.05) is 26.2 Å². The molecule has 0 aliphatic heterocycles. The number of sulfonamides is 2. The minimum Gasteiger partial charge on any atom is -0.421 e. The Labute approximate surface area is 175 Å². The molecule has 0 radical (unpaired) electrons. The molecule has 184 valence electrons. The van der Waals surface area contributed by atoms with Crippen LogP contribution in [0.1, 0.15) is 66.2 Å². The number of hydrogen-bond donors (Lipinski definition) is 0. The molecule has 0 rings (SSSR count). The first kappa shape index (κ1) is 31.6. The monoisotopic (exact) mass is 494 g/mol. The van der Waals surface area contributed by atoms with Gasteiger partial charge in [0.1, 0.15) is 0 Å². The minimum atomic E-state index is -6.72. The highest BCUT2D eigenvalue weighted by Gasteiger charge is 2.46. The second-order valence-corrected chi connectivity index (χ2v) is 10.1. The molecule has 14 heteroatoms. The molecule has 0 aromatic carbocycles.